The Kier molecular flexibility index (Phi) is 6.55. The molecule has 7 rings (SSSR count). The maximum absolute atomic E-state index is 13.9. The molecule has 2 unspecified atom stereocenters. The van der Waals surface area contributed by atoms with Crippen LogP contribution >= 0.6 is 0 Å². The van der Waals surface area contributed by atoms with Crippen LogP contribution in [0.4, 0.5) is 13.2 Å². The van der Waals surface area contributed by atoms with Crippen molar-refractivity contribution in [3.05, 3.63) is 70.8 Å². The Labute approximate surface area is 245 Å². The topological polar surface area (TPSA) is 53.0 Å². The summed E-state index contributed by atoms with van der Waals surface area (Å²) in [4.78, 5) is 18.3. The van der Waals surface area contributed by atoms with Crippen molar-refractivity contribution in [1.82, 2.24) is 9.80 Å². The highest BCUT2D eigenvalue weighted by Crippen LogP contribution is 2.64. The molecule has 224 valence electrons. The van der Waals surface area contributed by atoms with Crippen molar-refractivity contribution in [2.24, 2.45) is 11.8 Å². The molecule has 8 heteroatoms. The van der Waals surface area contributed by atoms with E-state index in [4.69, 9.17) is 4.74 Å². The maximum Gasteiger partial charge on any atom is 0.416 e. The van der Waals surface area contributed by atoms with Gasteiger partial charge in [-0.15, -0.1) is 0 Å². The lowest BCUT2D eigenvalue weighted by atomic mass is 9.48. The van der Waals surface area contributed by atoms with Crippen LogP contribution < -0.4 is 4.74 Å². The fourth-order valence-electron chi connectivity index (χ4n) is 8.57. The van der Waals surface area contributed by atoms with E-state index in [1.807, 2.05) is 17.0 Å². The van der Waals surface area contributed by atoms with Crippen molar-refractivity contribution in [2.75, 3.05) is 19.6 Å². The summed E-state index contributed by atoms with van der Waals surface area (Å²) in [5, 5.41) is 12.7. The molecule has 2 aliphatic heterocycles. The van der Waals surface area contributed by atoms with Crippen molar-refractivity contribution >= 4 is 12.0 Å². The Morgan fingerprint density at radius 3 is 2.60 bits per heavy atom. The van der Waals surface area contributed by atoms with E-state index in [0.29, 0.717) is 24.9 Å². The SMILES string of the molecule is CC(C)CN(C(=O)/C=C/c1ccc(C(F)(F)F)cc1)C1CC[C@@]2(O)[C@H]3Cc4cccc5c4[C@@]2(CCN3CC2CC2)C1O5. The van der Waals surface area contributed by atoms with Gasteiger partial charge < -0.3 is 14.7 Å². The van der Waals surface area contributed by atoms with Crippen molar-refractivity contribution in [3.63, 3.8) is 0 Å². The number of carbonyl (C=O) groups is 1. The van der Waals surface area contributed by atoms with Crippen LogP contribution in [0.25, 0.3) is 6.08 Å². The largest absolute Gasteiger partial charge is 0.487 e. The molecule has 2 heterocycles. The van der Waals surface area contributed by atoms with E-state index in [-0.39, 0.29) is 30.0 Å². The average Bonchev–Trinajstić information content (AvgIpc) is 3.69. The van der Waals surface area contributed by atoms with Gasteiger partial charge in [-0.25, -0.2) is 0 Å². The Balaban J connectivity index is 1.22. The van der Waals surface area contributed by atoms with Gasteiger partial charge >= 0.3 is 6.18 Å². The first-order valence-electron chi connectivity index (χ1n) is 15.4. The molecular weight excluding hydrogens is 541 g/mol. The number of amides is 1. The van der Waals surface area contributed by atoms with Crippen LogP contribution in [-0.4, -0.2) is 64.2 Å². The minimum atomic E-state index is -4.40. The van der Waals surface area contributed by atoms with Crippen molar-refractivity contribution < 1.29 is 27.8 Å². The molecule has 0 radical (unpaired) electrons. The molecule has 5 atom stereocenters. The number of hydrogen-bond donors (Lipinski definition) is 1. The van der Waals surface area contributed by atoms with Crippen molar-refractivity contribution in [3.8, 4) is 5.75 Å². The van der Waals surface area contributed by atoms with E-state index in [2.05, 4.69) is 24.8 Å². The first-order valence-corrected chi connectivity index (χ1v) is 15.4. The third kappa shape index (κ3) is 4.31. The minimum Gasteiger partial charge on any atom is -0.487 e. The number of rotatable bonds is 7. The van der Waals surface area contributed by atoms with Crippen LogP contribution in [0.5, 0.6) is 5.75 Å². The normalized spacial score (nSPS) is 31.7. The van der Waals surface area contributed by atoms with E-state index in [0.717, 1.165) is 55.3 Å². The molecule has 1 N–H and O–H groups in total. The van der Waals surface area contributed by atoms with E-state index in [9.17, 15) is 23.1 Å². The number of hydrogen-bond acceptors (Lipinski definition) is 4. The number of halogens is 3. The van der Waals surface area contributed by atoms with Crippen LogP contribution in [0.3, 0.4) is 0 Å². The van der Waals surface area contributed by atoms with Gasteiger partial charge in [0.1, 0.15) is 11.9 Å². The summed E-state index contributed by atoms with van der Waals surface area (Å²) in [6.07, 6.45) is 3.68. The molecule has 5 nitrogen and oxygen atoms in total. The van der Waals surface area contributed by atoms with Gasteiger partial charge in [0.05, 0.1) is 22.6 Å². The second-order valence-corrected chi connectivity index (χ2v) is 13.6. The number of alkyl halides is 3. The minimum absolute atomic E-state index is 0.0357. The third-order valence-electron chi connectivity index (χ3n) is 10.5. The zero-order valence-corrected chi connectivity index (χ0v) is 24.2. The monoisotopic (exact) mass is 580 g/mol. The summed E-state index contributed by atoms with van der Waals surface area (Å²) >= 11 is 0. The maximum atomic E-state index is 13.9. The zero-order valence-electron chi connectivity index (χ0n) is 24.2. The average molecular weight is 581 g/mol. The lowest BCUT2D eigenvalue weighted by Crippen LogP contribution is -2.78. The van der Waals surface area contributed by atoms with Crippen LogP contribution in [-0.2, 0) is 22.8 Å². The van der Waals surface area contributed by atoms with E-state index in [1.165, 1.54) is 36.6 Å². The molecule has 1 spiro atoms. The zero-order chi connectivity index (χ0) is 29.4. The van der Waals surface area contributed by atoms with Gasteiger partial charge in [0, 0.05) is 30.8 Å². The van der Waals surface area contributed by atoms with Crippen LogP contribution in [0.2, 0.25) is 0 Å². The summed E-state index contributed by atoms with van der Waals surface area (Å²) < 4.78 is 45.8. The number of aliphatic hydroxyl groups is 1. The molecule has 2 aromatic rings. The van der Waals surface area contributed by atoms with Gasteiger partial charge in [-0.3, -0.25) is 9.69 Å². The molecule has 1 saturated heterocycles. The summed E-state index contributed by atoms with van der Waals surface area (Å²) in [7, 11) is 0. The molecule has 2 aromatic carbocycles. The van der Waals surface area contributed by atoms with E-state index in [1.54, 1.807) is 6.08 Å². The second-order valence-electron chi connectivity index (χ2n) is 13.6. The summed E-state index contributed by atoms with van der Waals surface area (Å²) in [5.74, 6) is 1.59. The van der Waals surface area contributed by atoms with E-state index >= 15 is 0 Å². The lowest BCUT2D eigenvalue weighted by molar-refractivity contribution is -0.201. The van der Waals surface area contributed by atoms with Crippen molar-refractivity contribution in [2.45, 2.75) is 87.8 Å². The predicted molar refractivity (Wildman–Crippen MR) is 154 cm³/mol. The molecule has 2 bridgehead atoms. The quantitative estimate of drug-likeness (QED) is 0.419. The fourth-order valence-corrected chi connectivity index (χ4v) is 8.57. The van der Waals surface area contributed by atoms with Gasteiger partial charge in [-0.05, 0) is 92.3 Å². The first-order chi connectivity index (χ1) is 20.0. The van der Waals surface area contributed by atoms with Crippen LogP contribution in [0, 0.1) is 11.8 Å². The highest BCUT2D eigenvalue weighted by Gasteiger charge is 2.73. The van der Waals surface area contributed by atoms with Crippen molar-refractivity contribution in [1.29, 1.82) is 0 Å². The number of benzene rings is 2. The molecule has 1 amide bonds. The Bertz CT molecular complexity index is 1400. The van der Waals surface area contributed by atoms with E-state index < -0.39 is 22.8 Å². The lowest BCUT2D eigenvalue weighted by Gasteiger charge is -2.65. The number of likely N-dealkylation sites (tertiary alicyclic amines) is 1. The smallest absolute Gasteiger partial charge is 0.416 e. The highest BCUT2D eigenvalue weighted by molar-refractivity contribution is 5.92. The third-order valence-corrected chi connectivity index (χ3v) is 10.5. The molecule has 0 aromatic heterocycles. The van der Waals surface area contributed by atoms with Gasteiger partial charge in [-0.2, -0.15) is 13.2 Å². The first kappa shape index (κ1) is 28.0. The van der Waals surface area contributed by atoms with Crippen LogP contribution in [0.15, 0.2) is 48.5 Å². The summed E-state index contributed by atoms with van der Waals surface area (Å²) in [6.45, 7) is 6.63. The Morgan fingerprint density at radius 1 is 1.14 bits per heavy atom. The molecule has 5 aliphatic rings. The van der Waals surface area contributed by atoms with Gasteiger partial charge in [0.25, 0.3) is 0 Å². The van der Waals surface area contributed by atoms with Gasteiger partial charge in [0.2, 0.25) is 5.91 Å². The summed E-state index contributed by atoms with van der Waals surface area (Å²) in [6, 6.07) is 10.9. The second kappa shape index (κ2) is 9.84. The number of carbonyl (C=O) groups excluding carboxylic acids is 1. The van der Waals surface area contributed by atoms with Gasteiger partial charge in [0.15, 0.2) is 0 Å². The Morgan fingerprint density at radius 2 is 1.90 bits per heavy atom. The molecule has 3 aliphatic carbocycles. The molecule has 42 heavy (non-hydrogen) atoms. The summed E-state index contributed by atoms with van der Waals surface area (Å²) in [5.41, 5.74) is 0.731. The molecule has 3 fully saturated rings. The fraction of sp³-hybridized carbons (Fsp3) is 0.559. The standard InChI is InChI=1S/C34H39F3N2O3/c1-21(2)19-39(29(40)13-10-22-8-11-25(12-9-22)34(35,36)37)26-14-15-33(41)28-18-24-4-3-5-27-30(24)32(33,31(26)42-27)16-17-38(28)20-23-6-7-23/h3-5,8-13,21,23,26,28,31,41H,6-7,14-20H2,1-2H3/b13-10+/t26?,28-,31?,32+,33-/m1/s1. The predicted octanol–water partition coefficient (Wildman–Crippen LogP) is 5.84. The Hall–Kier alpha value is -2.84. The molecule has 2 saturated carbocycles. The van der Waals surface area contributed by atoms with Crippen LogP contribution in [0.1, 0.15) is 68.2 Å². The number of ether oxygens (including phenoxy) is 1. The highest BCUT2D eigenvalue weighted by atomic mass is 19.4. The number of piperidine rings is 1. The number of nitrogens with zero attached hydrogens (tertiary/aromatic N) is 2. The van der Waals surface area contributed by atoms with Gasteiger partial charge in [-0.1, -0.05) is 38.1 Å². The molecular formula is C34H39F3N2O3.